The van der Waals surface area contributed by atoms with Crippen molar-refractivity contribution < 1.29 is 4.79 Å². The third-order valence-electron chi connectivity index (χ3n) is 7.30. The lowest BCUT2D eigenvalue weighted by molar-refractivity contribution is -0.122. The third-order valence-corrected chi connectivity index (χ3v) is 8.67. The molecular formula is C28H41N5O2S2. The van der Waals surface area contributed by atoms with E-state index in [1.807, 2.05) is 19.9 Å². The largest absolute Gasteiger partial charge is 0.355 e. The zero-order valence-electron chi connectivity index (χ0n) is 22.8. The fraction of sp³-hybridized carbons (Fsp3) is 0.643. The van der Waals surface area contributed by atoms with Crippen LogP contribution >= 0.6 is 24.0 Å². The molecular weight excluding hydrogens is 502 g/mol. The van der Waals surface area contributed by atoms with E-state index in [1.165, 1.54) is 37.4 Å². The van der Waals surface area contributed by atoms with Crippen LogP contribution in [-0.2, 0) is 11.3 Å². The van der Waals surface area contributed by atoms with Crippen molar-refractivity contribution in [2.24, 2.45) is 0 Å². The number of amides is 1. The minimum absolute atomic E-state index is 0.0727. The molecule has 0 N–H and O–H groups in total. The molecule has 0 saturated carbocycles. The molecule has 2 aliphatic heterocycles. The fourth-order valence-electron chi connectivity index (χ4n) is 5.07. The van der Waals surface area contributed by atoms with E-state index in [2.05, 4.69) is 29.7 Å². The second kappa shape index (κ2) is 14.1. The van der Waals surface area contributed by atoms with Crippen LogP contribution in [0.3, 0.4) is 0 Å². The number of likely N-dealkylation sites (N-methyl/N-ethyl adjacent to an activating group) is 1. The van der Waals surface area contributed by atoms with Crippen LogP contribution in [-0.4, -0.2) is 63.9 Å². The summed E-state index contributed by atoms with van der Waals surface area (Å²) in [5, 5.41) is 9.85. The Labute approximate surface area is 231 Å². The normalized spacial score (nSPS) is 17.8. The quantitative estimate of drug-likeness (QED) is 0.205. The van der Waals surface area contributed by atoms with E-state index in [4.69, 9.17) is 12.2 Å². The van der Waals surface area contributed by atoms with Gasteiger partial charge in [0.1, 0.15) is 21.8 Å². The molecule has 2 saturated heterocycles. The van der Waals surface area contributed by atoms with E-state index >= 15 is 0 Å². The number of carbonyl (C=O) groups excluding carboxylic acids is 1. The smallest absolute Gasteiger partial charge is 0.270 e. The van der Waals surface area contributed by atoms with E-state index in [0.717, 1.165) is 63.4 Å². The van der Waals surface area contributed by atoms with Gasteiger partial charge in [-0.25, -0.2) is 0 Å². The molecule has 0 bridgehead atoms. The van der Waals surface area contributed by atoms with Crippen molar-refractivity contribution in [3.8, 4) is 6.07 Å². The maximum absolute atomic E-state index is 13.4. The van der Waals surface area contributed by atoms with Gasteiger partial charge in [-0.1, -0.05) is 76.9 Å². The number of nitrogens with zero attached hydrogens (tertiary/aromatic N) is 5. The lowest BCUT2D eigenvalue weighted by Gasteiger charge is -2.37. The first-order valence-corrected chi connectivity index (χ1v) is 15.0. The number of piperazine rings is 1. The Morgan fingerprint density at radius 1 is 0.973 bits per heavy atom. The highest BCUT2D eigenvalue weighted by Gasteiger charge is 2.33. The third kappa shape index (κ3) is 6.84. The average molecular weight is 544 g/mol. The molecule has 1 aromatic rings. The number of hydrogen-bond acceptors (Lipinski definition) is 7. The highest BCUT2D eigenvalue weighted by Crippen LogP contribution is 2.36. The minimum Gasteiger partial charge on any atom is -0.355 e. The van der Waals surface area contributed by atoms with Gasteiger partial charge in [0.25, 0.3) is 11.5 Å². The molecule has 2 fully saturated rings. The van der Waals surface area contributed by atoms with Crippen LogP contribution < -0.4 is 10.5 Å². The highest BCUT2D eigenvalue weighted by molar-refractivity contribution is 8.26. The van der Waals surface area contributed by atoms with Crippen molar-refractivity contribution in [1.82, 2.24) is 14.4 Å². The Morgan fingerprint density at radius 3 is 2.27 bits per heavy atom. The molecule has 0 aliphatic carbocycles. The van der Waals surface area contributed by atoms with Crippen LogP contribution in [0.1, 0.15) is 82.4 Å². The Hall–Kier alpha value is -2.15. The first-order chi connectivity index (χ1) is 17.9. The van der Waals surface area contributed by atoms with Crippen molar-refractivity contribution >= 4 is 46.1 Å². The van der Waals surface area contributed by atoms with Gasteiger partial charge in [0.15, 0.2) is 0 Å². The summed E-state index contributed by atoms with van der Waals surface area (Å²) in [5.74, 6) is 0.747. The maximum atomic E-state index is 13.4. The van der Waals surface area contributed by atoms with Gasteiger partial charge in [-0.3, -0.25) is 19.1 Å². The summed E-state index contributed by atoms with van der Waals surface area (Å²) in [7, 11) is 0. The summed E-state index contributed by atoms with van der Waals surface area (Å²) in [5.41, 5.74) is 1.32. The number of rotatable bonds is 12. The molecule has 9 heteroatoms. The van der Waals surface area contributed by atoms with Crippen molar-refractivity contribution in [2.75, 3.05) is 44.2 Å². The number of aromatic nitrogens is 1. The lowest BCUT2D eigenvalue weighted by atomic mass is 10.0. The molecule has 3 rings (SSSR count). The maximum Gasteiger partial charge on any atom is 0.270 e. The van der Waals surface area contributed by atoms with Crippen molar-refractivity contribution in [2.45, 2.75) is 79.2 Å². The van der Waals surface area contributed by atoms with Crippen molar-refractivity contribution in [3.63, 3.8) is 0 Å². The number of thiocarbonyl (C=S) groups is 1. The Morgan fingerprint density at radius 2 is 1.65 bits per heavy atom. The van der Waals surface area contributed by atoms with Gasteiger partial charge in [-0.15, -0.1) is 0 Å². The molecule has 3 heterocycles. The van der Waals surface area contributed by atoms with E-state index in [0.29, 0.717) is 27.9 Å². The first kappa shape index (κ1) is 29.4. The molecule has 1 aromatic heterocycles. The van der Waals surface area contributed by atoms with E-state index in [9.17, 15) is 14.9 Å². The van der Waals surface area contributed by atoms with Gasteiger partial charge in [-0.05, 0) is 37.9 Å². The van der Waals surface area contributed by atoms with Crippen LogP contribution in [0.2, 0.25) is 0 Å². The lowest BCUT2D eigenvalue weighted by Crippen LogP contribution is -2.48. The molecule has 0 unspecified atom stereocenters. The van der Waals surface area contributed by atoms with Gasteiger partial charge in [-0.2, -0.15) is 5.26 Å². The van der Waals surface area contributed by atoms with Crippen LogP contribution in [0, 0.1) is 18.3 Å². The topological polar surface area (TPSA) is 72.6 Å². The second-order valence-corrected chi connectivity index (χ2v) is 11.5. The van der Waals surface area contributed by atoms with Gasteiger partial charge in [0.2, 0.25) is 0 Å². The molecule has 7 nitrogen and oxygen atoms in total. The molecule has 0 radical (unpaired) electrons. The van der Waals surface area contributed by atoms with E-state index < -0.39 is 0 Å². The number of anilines is 1. The van der Waals surface area contributed by atoms with Gasteiger partial charge in [0, 0.05) is 44.8 Å². The van der Waals surface area contributed by atoms with Crippen LogP contribution in [0.5, 0.6) is 0 Å². The molecule has 0 spiro atoms. The Kier molecular flexibility index (Phi) is 11.2. The van der Waals surface area contributed by atoms with Gasteiger partial charge < -0.3 is 9.80 Å². The number of nitriles is 1. The zero-order chi connectivity index (χ0) is 26.9. The van der Waals surface area contributed by atoms with Crippen LogP contribution in [0.4, 0.5) is 5.82 Å². The molecule has 2 aliphatic rings. The molecule has 0 aromatic carbocycles. The molecule has 0 atom stereocenters. The molecule has 1 amide bonds. The fourth-order valence-corrected chi connectivity index (χ4v) is 6.36. The Balaban J connectivity index is 1.96. The Bertz CT molecular complexity index is 1110. The van der Waals surface area contributed by atoms with Crippen molar-refractivity contribution in [1.29, 1.82) is 5.26 Å². The number of thioether (sulfide) groups is 1. The minimum atomic E-state index is -0.248. The van der Waals surface area contributed by atoms with Crippen LogP contribution in [0.25, 0.3) is 6.08 Å². The van der Waals surface area contributed by atoms with Gasteiger partial charge in [0.05, 0.1) is 4.91 Å². The summed E-state index contributed by atoms with van der Waals surface area (Å²) < 4.78 is 2.33. The predicted octanol–water partition coefficient (Wildman–Crippen LogP) is 5.14. The summed E-state index contributed by atoms with van der Waals surface area (Å²) in [6.45, 7) is 13.8. The summed E-state index contributed by atoms with van der Waals surface area (Å²) in [6.07, 6.45) is 9.57. The summed E-state index contributed by atoms with van der Waals surface area (Å²) in [6, 6.07) is 2.13. The monoisotopic (exact) mass is 543 g/mol. The number of carbonyl (C=O) groups is 1. The SMILES string of the molecule is CCCCCCCCN1C(=O)/C(=C/c2c(C)c(C#N)c(=O)n(CCC)c2N2CCN(CC)CC2)SC1=S. The van der Waals surface area contributed by atoms with Gasteiger partial charge >= 0.3 is 0 Å². The predicted molar refractivity (Wildman–Crippen MR) is 158 cm³/mol. The van der Waals surface area contributed by atoms with Crippen molar-refractivity contribution in [3.05, 3.63) is 31.9 Å². The average Bonchev–Trinajstić information content (AvgIpc) is 3.16. The molecule has 37 heavy (non-hydrogen) atoms. The number of pyridine rings is 1. The highest BCUT2D eigenvalue weighted by atomic mass is 32.2. The number of unbranched alkanes of at least 4 members (excludes halogenated alkanes) is 5. The molecule has 202 valence electrons. The van der Waals surface area contributed by atoms with E-state index in [1.54, 1.807) is 9.47 Å². The summed E-state index contributed by atoms with van der Waals surface area (Å²) in [4.78, 5) is 33.7. The zero-order valence-corrected chi connectivity index (χ0v) is 24.5. The summed E-state index contributed by atoms with van der Waals surface area (Å²) >= 11 is 6.91. The second-order valence-electron chi connectivity index (χ2n) is 9.83. The number of hydrogen-bond donors (Lipinski definition) is 0. The van der Waals surface area contributed by atoms with E-state index in [-0.39, 0.29) is 17.0 Å². The standard InChI is InChI=1S/C28H41N5O2S2/c1-5-8-9-10-11-12-14-33-27(35)24(37-28(33)36)19-22-21(4)23(20-29)26(34)32(13-6-2)25(22)31-17-15-30(7-3)16-18-31/h19H,5-18H2,1-4H3/b24-19-. The van der Waals surface area contributed by atoms with Crippen LogP contribution in [0.15, 0.2) is 9.70 Å². The first-order valence-electron chi connectivity index (χ1n) is 13.8.